The molecular formula is C24H29FN9O3+. The van der Waals surface area contributed by atoms with Gasteiger partial charge in [0, 0.05) is 26.2 Å². The fraction of sp³-hybridized carbons (Fsp3) is 0.458. The Morgan fingerprint density at radius 2 is 2.05 bits per heavy atom. The van der Waals surface area contributed by atoms with Crippen molar-refractivity contribution in [3.63, 3.8) is 0 Å². The van der Waals surface area contributed by atoms with Gasteiger partial charge >= 0.3 is 5.78 Å². The molecule has 0 atom stereocenters. The zero-order valence-corrected chi connectivity index (χ0v) is 20.9. The molecule has 12 nitrogen and oxygen atoms in total. The average Bonchev–Trinajstić information content (AvgIpc) is 3.44. The molecule has 2 aliphatic heterocycles. The van der Waals surface area contributed by atoms with Crippen LogP contribution in [0.5, 0.6) is 5.88 Å². The Morgan fingerprint density at radius 3 is 2.73 bits per heavy atom. The molecule has 0 unspecified atom stereocenters. The number of imidazole rings is 1. The van der Waals surface area contributed by atoms with Crippen molar-refractivity contribution in [3.8, 4) is 17.0 Å². The number of nitrogens with one attached hydrogen (secondary N) is 2. The highest BCUT2D eigenvalue weighted by Crippen LogP contribution is 2.34. The maximum Gasteiger partial charge on any atom is 0.403 e. The first kappa shape index (κ1) is 23.6. The monoisotopic (exact) mass is 510 g/mol. The van der Waals surface area contributed by atoms with E-state index in [1.807, 2.05) is 0 Å². The summed E-state index contributed by atoms with van der Waals surface area (Å²) in [6.07, 6.45) is 8.15. The number of aromatic nitrogens is 6. The molecule has 13 heteroatoms. The minimum absolute atomic E-state index is 0.213. The van der Waals surface area contributed by atoms with Gasteiger partial charge in [0.05, 0.1) is 63.1 Å². The van der Waals surface area contributed by atoms with Crippen LogP contribution < -0.4 is 19.9 Å². The number of fused-ring (bicyclic) bond motifs is 2. The number of hydrogen-bond donors (Lipinski definition) is 2. The first-order valence-electron chi connectivity index (χ1n) is 12.3. The van der Waals surface area contributed by atoms with Crippen molar-refractivity contribution in [2.24, 2.45) is 7.05 Å². The Labute approximate surface area is 212 Å². The highest BCUT2D eigenvalue weighted by Gasteiger charge is 2.30. The van der Waals surface area contributed by atoms with E-state index in [0.717, 1.165) is 39.1 Å². The summed E-state index contributed by atoms with van der Waals surface area (Å²) >= 11 is 0. The SMILES string of the molecule is CNC(=O)c1cnc2n1cc(-c1c(F)cn3nc(NC4CCN(C5COC5)CC4)nc(OC)c13)c[n+]2C. The number of carbonyl (C=O) groups is 1. The molecular weight excluding hydrogens is 481 g/mol. The molecule has 0 spiro atoms. The van der Waals surface area contributed by atoms with Gasteiger partial charge in [0.15, 0.2) is 12.0 Å². The summed E-state index contributed by atoms with van der Waals surface area (Å²) < 4.78 is 31.2. The van der Waals surface area contributed by atoms with Crippen LogP contribution in [-0.2, 0) is 11.8 Å². The van der Waals surface area contributed by atoms with E-state index in [0.29, 0.717) is 34.5 Å². The van der Waals surface area contributed by atoms with Crippen molar-refractivity contribution in [2.45, 2.75) is 24.9 Å². The summed E-state index contributed by atoms with van der Waals surface area (Å²) in [5.41, 5.74) is 1.53. The first-order valence-corrected chi connectivity index (χ1v) is 12.3. The molecule has 1 amide bonds. The topological polar surface area (TPSA) is 114 Å². The summed E-state index contributed by atoms with van der Waals surface area (Å²) in [4.78, 5) is 23.7. The Kier molecular flexibility index (Phi) is 5.88. The number of anilines is 1. The largest absolute Gasteiger partial charge is 0.479 e. The van der Waals surface area contributed by atoms with Crippen molar-refractivity contribution in [2.75, 3.05) is 45.8 Å². The Morgan fingerprint density at radius 1 is 1.27 bits per heavy atom. The van der Waals surface area contributed by atoms with Crippen LogP contribution in [0.3, 0.4) is 0 Å². The summed E-state index contributed by atoms with van der Waals surface area (Å²) in [7, 11) is 4.84. The zero-order valence-electron chi connectivity index (χ0n) is 20.9. The third-order valence-electron chi connectivity index (χ3n) is 7.19. The average molecular weight is 511 g/mol. The second-order valence-electron chi connectivity index (χ2n) is 9.45. The summed E-state index contributed by atoms with van der Waals surface area (Å²) in [5, 5.41) is 10.6. The second kappa shape index (κ2) is 9.23. The minimum atomic E-state index is -0.485. The number of methoxy groups -OCH3 is 1. The molecule has 6 heterocycles. The third-order valence-corrected chi connectivity index (χ3v) is 7.19. The minimum Gasteiger partial charge on any atom is -0.479 e. The van der Waals surface area contributed by atoms with Crippen LogP contribution in [0.25, 0.3) is 22.4 Å². The molecule has 2 aliphatic rings. The van der Waals surface area contributed by atoms with Gasteiger partial charge in [0.2, 0.25) is 17.5 Å². The first-order chi connectivity index (χ1) is 18.0. The van der Waals surface area contributed by atoms with Crippen molar-refractivity contribution in [1.82, 2.24) is 34.2 Å². The molecule has 194 valence electrons. The van der Waals surface area contributed by atoms with Crippen LogP contribution >= 0.6 is 0 Å². The van der Waals surface area contributed by atoms with E-state index in [2.05, 4.69) is 30.6 Å². The molecule has 0 saturated carbocycles. The number of likely N-dealkylation sites (tertiary alicyclic amines) is 1. The van der Waals surface area contributed by atoms with Crippen molar-refractivity contribution >= 4 is 23.1 Å². The normalized spacial score (nSPS) is 17.3. The second-order valence-corrected chi connectivity index (χ2v) is 9.45. The Balaban J connectivity index is 1.34. The van der Waals surface area contributed by atoms with E-state index in [1.54, 1.807) is 35.5 Å². The molecule has 2 saturated heterocycles. The molecule has 2 fully saturated rings. The van der Waals surface area contributed by atoms with E-state index < -0.39 is 5.82 Å². The van der Waals surface area contributed by atoms with Gasteiger partial charge in [-0.15, -0.1) is 5.10 Å². The van der Waals surface area contributed by atoms with Crippen LogP contribution in [0.4, 0.5) is 10.3 Å². The van der Waals surface area contributed by atoms with Gasteiger partial charge in [-0.1, -0.05) is 4.98 Å². The predicted octanol–water partition coefficient (Wildman–Crippen LogP) is 0.651. The third kappa shape index (κ3) is 4.03. The molecule has 0 radical (unpaired) electrons. The number of hydrogen-bond acceptors (Lipinski definition) is 8. The quantitative estimate of drug-likeness (QED) is 0.364. The zero-order chi connectivity index (χ0) is 25.7. The molecule has 0 bridgehead atoms. The Bertz CT molecular complexity index is 1490. The summed E-state index contributed by atoms with van der Waals surface area (Å²) in [6.45, 7) is 3.60. The van der Waals surface area contributed by atoms with E-state index in [9.17, 15) is 4.79 Å². The van der Waals surface area contributed by atoms with Crippen LogP contribution in [0, 0.1) is 5.82 Å². The highest BCUT2D eigenvalue weighted by atomic mass is 19.1. The lowest BCUT2D eigenvalue weighted by molar-refractivity contribution is -0.649. The van der Waals surface area contributed by atoms with Gasteiger partial charge in [-0.2, -0.15) is 9.38 Å². The number of rotatable bonds is 6. The van der Waals surface area contributed by atoms with Crippen LogP contribution in [0.2, 0.25) is 0 Å². The van der Waals surface area contributed by atoms with Crippen molar-refractivity contribution < 1.29 is 23.2 Å². The van der Waals surface area contributed by atoms with Crippen molar-refractivity contribution in [3.05, 3.63) is 36.3 Å². The highest BCUT2D eigenvalue weighted by molar-refractivity contribution is 5.93. The van der Waals surface area contributed by atoms with Crippen LogP contribution in [0.1, 0.15) is 23.3 Å². The van der Waals surface area contributed by atoms with Gasteiger partial charge in [-0.25, -0.2) is 13.5 Å². The van der Waals surface area contributed by atoms with E-state index in [-0.39, 0.29) is 23.4 Å². The van der Waals surface area contributed by atoms with E-state index in [4.69, 9.17) is 9.47 Å². The Hall–Kier alpha value is -3.84. The predicted molar refractivity (Wildman–Crippen MR) is 131 cm³/mol. The maximum atomic E-state index is 15.4. The van der Waals surface area contributed by atoms with Crippen LogP contribution in [0.15, 0.2) is 24.8 Å². The lowest BCUT2D eigenvalue weighted by atomic mass is 10.0. The standard InChI is InChI=1S/C24H28FN9O3/c1-26-21(35)18-8-27-24-31(2)9-14(10-33(18)24)19-17(25)11-34-20(19)22(36-3)29-23(30-34)28-15-4-6-32(7-5-15)16-12-37-13-16/h8-11,15-16H,4-7,12-13H2,1-3H3,(H-,26,28,30,35)/p+1. The smallest absolute Gasteiger partial charge is 0.403 e. The maximum absolute atomic E-state index is 15.4. The number of piperidine rings is 1. The van der Waals surface area contributed by atoms with Gasteiger partial charge in [0.1, 0.15) is 5.52 Å². The number of amides is 1. The van der Waals surface area contributed by atoms with Gasteiger partial charge in [-0.05, 0) is 12.8 Å². The fourth-order valence-corrected chi connectivity index (χ4v) is 5.13. The number of halogens is 1. The summed E-state index contributed by atoms with van der Waals surface area (Å²) in [5.74, 6) is 0.392. The molecule has 4 aromatic heterocycles. The molecule has 6 rings (SSSR count). The number of aryl methyl sites for hydroxylation is 1. The fourth-order valence-electron chi connectivity index (χ4n) is 5.13. The number of nitrogens with zero attached hydrogens (tertiary/aromatic N) is 7. The molecule has 0 aliphatic carbocycles. The molecule has 37 heavy (non-hydrogen) atoms. The van der Waals surface area contributed by atoms with E-state index in [1.165, 1.54) is 24.0 Å². The number of ether oxygens (including phenoxy) is 2. The number of carbonyl (C=O) groups excluding carboxylic acids is 1. The molecule has 4 aromatic rings. The lowest BCUT2D eigenvalue weighted by Crippen LogP contribution is -2.53. The molecule has 0 aromatic carbocycles. The van der Waals surface area contributed by atoms with Crippen molar-refractivity contribution in [1.29, 1.82) is 0 Å². The van der Waals surface area contributed by atoms with Gasteiger partial charge in [0.25, 0.3) is 5.91 Å². The van der Waals surface area contributed by atoms with Gasteiger partial charge < -0.3 is 20.1 Å². The summed E-state index contributed by atoms with van der Waals surface area (Å²) in [6, 6.07) is 0.746. The lowest BCUT2D eigenvalue weighted by Gasteiger charge is -2.41. The van der Waals surface area contributed by atoms with Gasteiger partial charge in [-0.3, -0.25) is 9.69 Å². The van der Waals surface area contributed by atoms with E-state index >= 15 is 4.39 Å². The molecule has 2 N–H and O–H groups in total. The van der Waals surface area contributed by atoms with Crippen LogP contribution in [-0.4, -0.2) is 87.3 Å².